The first kappa shape index (κ1) is 14.1. The van der Waals surface area contributed by atoms with Crippen LogP contribution in [0, 0.1) is 0 Å². The number of hydrogen-bond donors (Lipinski definition) is 1. The monoisotopic (exact) mass is 273 g/mol. The fourth-order valence-electron chi connectivity index (χ4n) is 2.50. The molecule has 2 atom stereocenters. The molecule has 19 heavy (non-hydrogen) atoms. The van der Waals surface area contributed by atoms with Crippen LogP contribution in [0.15, 0.2) is 54.6 Å². The standard InChI is InChI=1S/C17H20ClN/c1-13(14-6-4-3-5-7-14)17(12-19-2)15-8-10-16(18)11-9-15/h3-11,13,17,19H,12H2,1-2H3/t13-,17+/m1/s1. The molecule has 0 radical (unpaired) electrons. The maximum atomic E-state index is 5.97. The van der Waals surface area contributed by atoms with Crippen LogP contribution < -0.4 is 5.32 Å². The van der Waals surface area contributed by atoms with E-state index in [2.05, 4.69) is 54.7 Å². The number of benzene rings is 2. The third-order valence-electron chi connectivity index (χ3n) is 3.65. The summed E-state index contributed by atoms with van der Waals surface area (Å²) in [6.45, 7) is 3.24. The molecular weight excluding hydrogens is 254 g/mol. The van der Waals surface area contributed by atoms with Gasteiger partial charge in [-0.3, -0.25) is 0 Å². The second-order valence-corrected chi connectivity index (χ2v) is 5.35. The van der Waals surface area contributed by atoms with Gasteiger partial charge in [-0.2, -0.15) is 0 Å². The lowest BCUT2D eigenvalue weighted by Gasteiger charge is -2.25. The van der Waals surface area contributed by atoms with Gasteiger partial charge in [-0.15, -0.1) is 0 Å². The van der Waals surface area contributed by atoms with Gasteiger partial charge in [0.15, 0.2) is 0 Å². The van der Waals surface area contributed by atoms with Crippen LogP contribution in [0.25, 0.3) is 0 Å². The molecule has 1 N–H and O–H groups in total. The molecule has 0 spiro atoms. The third kappa shape index (κ3) is 3.59. The van der Waals surface area contributed by atoms with Gasteiger partial charge < -0.3 is 5.32 Å². The van der Waals surface area contributed by atoms with E-state index in [9.17, 15) is 0 Å². The van der Waals surface area contributed by atoms with E-state index in [1.807, 2.05) is 19.2 Å². The Morgan fingerprint density at radius 2 is 1.58 bits per heavy atom. The van der Waals surface area contributed by atoms with Crippen molar-refractivity contribution in [2.45, 2.75) is 18.8 Å². The van der Waals surface area contributed by atoms with Gasteiger partial charge >= 0.3 is 0 Å². The Labute approximate surface area is 120 Å². The van der Waals surface area contributed by atoms with Gasteiger partial charge in [0.2, 0.25) is 0 Å². The summed E-state index contributed by atoms with van der Waals surface area (Å²) in [5.74, 6) is 0.916. The SMILES string of the molecule is CNC[C@H](c1ccc(Cl)cc1)[C@H](C)c1ccccc1. The van der Waals surface area contributed by atoms with E-state index in [0.29, 0.717) is 11.8 Å². The van der Waals surface area contributed by atoms with E-state index >= 15 is 0 Å². The van der Waals surface area contributed by atoms with Gasteiger partial charge in [-0.25, -0.2) is 0 Å². The first-order valence-electron chi connectivity index (χ1n) is 6.67. The predicted molar refractivity (Wildman–Crippen MR) is 83.0 cm³/mol. The van der Waals surface area contributed by atoms with Crippen LogP contribution in [0.5, 0.6) is 0 Å². The Morgan fingerprint density at radius 3 is 2.16 bits per heavy atom. The summed E-state index contributed by atoms with van der Waals surface area (Å²) in [7, 11) is 2.00. The quantitative estimate of drug-likeness (QED) is 0.849. The summed E-state index contributed by atoms with van der Waals surface area (Å²) in [5, 5.41) is 4.09. The fraction of sp³-hybridized carbons (Fsp3) is 0.294. The van der Waals surface area contributed by atoms with Crippen LogP contribution in [0.3, 0.4) is 0 Å². The number of halogens is 1. The van der Waals surface area contributed by atoms with E-state index in [1.54, 1.807) is 0 Å². The summed E-state index contributed by atoms with van der Waals surface area (Å²) in [6, 6.07) is 18.9. The summed E-state index contributed by atoms with van der Waals surface area (Å²) >= 11 is 5.97. The molecule has 2 heteroatoms. The van der Waals surface area contributed by atoms with Crippen molar-refractivity contribution in [1.29, 1.82) is 0 Å². The van der Waals surface area contributed by atoms with E-state index in [0.717, 1.165) is 11.6 Å². The summed E-state index contributed by atoms with van der Waals surface area (Å²) in [6.07, 6.45) is 0. The second-order valence-electron chi connectivity index (χ2n) is 4.92. The number of nitrogens with one attached hydrogen (secondary N) is 1. The zero-order valence-corrected chi connectivity index (χ0v) is 12.2. The maximum absolute atomic E-state index is 5.97. The molecule has 0 fully saturated rings. The van der Waals surface area contributed by atoms with Crippen LogP contribution in [-0.4, -0.2) is 13.6 Å². The maximum Gasteiger partial charge on any atom is 0.0406 e. The van der Waals surface area contributed by atoms with Crippen LogP contribution >= 0.6 is 11.6 Å². The Hall–Kier alpha value is -1.31. The number of likely N-dealkylation sites (N-methyl/N-ethyl adjacent to an activating group) is 1. The molecule has 0 saturated heterocycles. The van der Waals surface area contributed by atoms with Crippen LogP contribution in [0.2, 0.25) is 5.02 Å². The van der Waals surface area contributed by atoms with Crippen molar-refractivity contribution in [2.24, 2.45) is 0 Å². The molecule has 0 saturated carbocycles. The van der Waals surface area contributed by atoms with Gasteiger partial charge in [0.05, 0.1) is 0 Å². The molecule has 0 aromatic heterocycles. The highest BCUT2D eigenvalue weighted by Crippen LogP contribution is 2.32. The number of rotatable bonds is 5. The topological polar surface area (TPSA) is 12.0 Å². The molecule has 1 nitrogen and oxygen atoms in total. The molecule has 0 bridgehead atoms. The van der Waals surface area contributed by atoms with E-state index in [-0.39, 0.29) is 0 Å². The van der Waals surface area contributed by atoms with Crippen LogP contribution in [-0.2, 0) is 0 Å². The third-order valence-corrected chi connectivity index (χ3v) is 3.90. The number of hydrogen-bond acceptors (Lipinski definition) is 1. The Kier molecular flexibility index (Phi) is 5.00. The van der Waals surface area contributed by atoms with Gasteiger partial charge in [0, 0.05) is 17.5 Å². The molecule has 0 amide bonds. The van der Waals surface area contributed by atoms with Gasteiger partial charge in [-0.05, 0) is 36.2 Å². The van der Waals surface area contributed by atoms with Crippen LogP contribution in [0.4, 0.5) is 0 Å². The van der Waals surface area contributed by atoms with Gasteiger partial charge in [0.25, 0.3) is 0 Å². The molecule has 100 valence electrons. The highest BCUT2D eigenvalue weighted by Gasteiger charge is 2.20. The second kappa shape index (κ2) is 6.74. The Morgan fingerprint density at radius 1 is 0.947 bits per heavy atom. The van der Waals surface area contributed by atoms with Crippen molar-refractivity contribution in [3.05, 3.63) is 70.7 Å². The molecule has 2 aromatic carbocycles. The lowest BCUT2D eigenvalue weighted by atomic mass is 9.82. The van der Waals surface area contributed by atoms with Gasteiger partial charge in [0.1, 0.15) is 0 Å². The molecule has 2 aromatic rings. The van der Waals surface area contributed by atoms with Crippen molar-refractivity contribution in [2.75, 3.05) is 13.6 Å². The molecule has 0 heterocycles. The zero-order chi connectivity index (χ0) is 13.7. The van der Waals surface area contributed by atoms with Crippen molar-refractivity contribution in [3.63, 3.8) is 0 Å². The lowest BCUT2D eigenvalue weighted by molar-refractivity contribution is 0.544. The molecule has 2 rings (SSSR count). The van der Waals surface area contributed by atoms with Crippen molar-refractivity contribution in [3.8, 4) is 0 Å². The molecule has 0 aliphatic heterocycles. The molecular formula is C17H20ClN. The Bertz CT molecular complexity index is 492. The highest BCUT2D eigenvalue weighted by atomic mass is 35.5. The predicted octanol–water partition coefficient (Wildman–Crippen LogP) is 4.45. The molecule has 0 aliphatic rings. The van der Waals surface area contributed by atoms with E-state index < -0.39 is 0 Å². The lowest BCUT2D eigenvalue weighted by Crippen LogP contribution is -2.21. The van der Waals surface area contributed by atoms with Crippen molar-refractivity contribution in [1.82, 2.24) is 5.32 Å². The zero-order valence-electron chi connectivity index (χ0n) is 11.4. The first-order chi connectivity index (χ1) is 9.22. The minimum atomic E-state index is 0.449. The largest absolute Gasteiger partial charge is 0.319 e. The van der Waals surface area contributed by atoms with E-state index in [4.69, 9.17) is 11.6 Å². The normalized spacial score (nSPS) is 14.1. The van der Waals surface area contributed by atoms with Crippen molar-refractivity contribution >= 4 is 11.6 Å². The summed E-state index contributed by atoms with van der Waals surface area (Å²) in [5.41, 5.74) is 2.70. The summed E-state index contributed by atoms with van der Waals surface area (Å²) in [4.78, 5) is 0. The minimum Gasteiger partial charge on any atom is -0.319 e. The Balaban J connectivity index is 2.27. The average molecular weight is 274 g/mol. The van der Waals surface area contributed by atoms with Crippen molar-refractivity contribution < 1.29 is 0 Å². The summed E-state index contributed by atoms with van der Waals surface area (Å²) < 4.78 is 0. The van der Waals surface area contributed by atoms with Crippen LogP contribution in [0.1, 0.15) is 29.9 Å². The highest BCUT2D eigenvalue weighted by molar-refractivity contribution is 6.30. The molecule has 0 aliphatic carbocycles. The average Bonchev–Trinajstić information content (AvgIpc) is 2.46. The molecule has 0 unspecified atom stereocenters. The fourth-order valence-corrected chi connectivity index (χ4v) is 2.63. The van der Waals surface area contributed by atoms with Gasteiger partial charge in [-0.1, -0.05) is 61.0 Å². The first-order valence-corrected chi connectivity index (χ1v) is 7.05. The smallest absolute Gasteiger partial charge is 0.0406 e. The minimum absolute atomic E-state index is 0.449. The van der Waals surface area contributed by atoms with E-state index in [1.165, 1.54) is 11.1 Å².